The average Bonchev–Trinajstić information content (AvgIpc) is 2.93. The minimum Gasteiger partial charge on any atom is -0.623 e. The summed E-state index contributed by atoms with van der Waals surface area (Å²) in [4.78, 5) is 24.0. The fourth-order valence-corrected chi connectivity index (χ4v) is 3.21. The van der Waals surface area contributed by atoms with Crippen molar-refractivity contribution < 1.29 is 19.4 Å². The molecule has 0 saturated heterocycles. The second kappa shape index (κ2) is 7.45. The standard InChI is InChI=1S/C17H20N2O4S2/c1-17(2,3)19(23)7-14-12-5-4-10(6-11(12)9-25-14)15(20)18-13(8-24)16(21)22/h4-7,9,13,24H,8H2,1-3H3,(H,18,20)(H,21,22)/b19-7+. The van der Waals surface area contributed by atoms with Crippen LogP contribution in [0.2, 0.25) is 0 Å². The topological polar surface area (TPSA) is 92.5 Å². The lowest BCUT2D eigenvalue weighted by Crippen LogP contribution is -2.42. The number of thiophene rings is 1. The number of carboxylic acid groups (broad SMARTS) is 1. The summed E-state index contributed by atoms with van der Waals surface area (Å²) < 4.78 is 0.906. The number of aliphatic carboxylic acids is 1. The van der Waals surface area contributed by atoms with Gasteiger partial charge in [0, 0.05) is 37.5 Å². The van der Waals surface area contributed by atoms with Crippen LogP contribution in [-0.2, 0) is 4.79 Å². The number of carboxylic acids is 1. The van der Waals surface area contributed by atoms with Crippen LogP contribution in [0.25, 0.3) is 10.8 Å². The molecule has 0 aliphatic rings. The third-order valence-corrected chi connectivity index (χ3v) is 4.89. The molecule has 2 N–H and O–H groups in total. The summed E-state index contributed by atoms with van der Waals surface area (Å²) in [5.41, 5.74) is -0.172. The van der Waals surface area contributed by atoms with E-state index in [9.17, 15) is 14.8 Å². The maximum absolute atomic E-state index is 12.2. The van der Waals surface area contributed by atoms with Crippen molar-refractivity contribution in [2.24, 2.45) is 0 Å². The van der Waals surface area contributed by atoms with Crippen molar-refractivity contribution in [2.45, 2.75) is 32.4 Å². The normalized spacial score (nSPS) is 13.7. The van der Waals surface area contributed by atoms with Gasteiger partial charge in [-0.3, -0.25) is 4.79 Å². The van der Waals surface area contributed by atoms with E-state index in [4.69, 9.17) is 5.11 Å². The minimum atomic E-state index is -1.13. The number of nitrogens with one attached hydrogen (secondary N) is 1. The van der Waals surface area contributed by atoms with Gasteiger partial charge in [0.15, 0.2) is 11.8 Å². The van der Waals surface area contributed by atoms with Gasteiger partial charge in [0.25, 0.3) is 5.91 Å². The molecule has 1 aromatic carbocycles. The molecule has 8 heteroatoms. The molecule has 1 aromatic heterocycles. The van der Waals surface area contributed by atoms with Crippen LogP contribution in [0, 0.1) is 5.21 Å². The molecule has 1 unspecified atom stereocenters. The van der Waals surface area contributed by atoms with Gasteiger partial charge in [-0.1, -0.05) is 6.07 Å². The number of carbonyl (C=O) groups is 2. The fraction of sp³-hybridized carbons (Fsp3) is 0.353. The molecule has 0 radical (unpaired) electrons. The molecule has 0 spiro atoms. The summed E-state index contributed by atoms with van der Waals surface area (Å²) in [7, 11) is 0. The number of nitrogens with zero attached hydrogens (tertiary/aromatic N) is 1. The second-order valence-electron chi connectivity index (χ2n) is 6.57. The van der Waals surface area contributed by atoms with Gasteiger partial charge in [-0.15, -0.1) is 11.3 Å². The zero-order valence-electron chi connectivity index (χ0n) is 14.1. The Morgan fingerprint density at radius 3 is 2.68 bits per heavy atom. The highest BCUT2D eigenvalue weighted by Crippen LogP contribution is 2.26. The molecule has 0 bridgehead atoms. The lowest BCUT2D eigenvalue weighted by atomic mass is 10.1. The SMILES string of the molecule is CC(C)(C)/[N+]([O-])=C\c1scc2cc(C(=O)NC(CS)C(=O)O)ccc12. The molecule has 0 aliphatic heterocycles. The highest BCUT2D eigenvalue weighted by atomic mass is 32.1. The Labute approximate surface area is 155 Å². The van der Waals surface area contributed by atoms with Crippen LogP contribution in [0.3, 0.4) is 0 Å². The van der Waals surface area contributed by atoms with E-state index in [0.29, 0.717) is 5.56 Å². The van der Waals surface area contributed by atoms with Crippen LogP contribution in [0.15, 0.2) is 23.6 Å². The summed E-state index contributed by atoms with van der Waals surface area (Å²) in [5, 5.41) is 27.1. The van der Waals surface area contributed by atoms with E-state index in [1.165, 1.54) is 11.3 Å². The third kappa shape index (κ3) is 4.52. The lowest BCUT2D eigenvalue weighted by molar-refractivity contribution is -0.530. The predicted molar refractivity (Wildman–Crippen MR) is 103 cm³/mol. The summed E-state index contributed by atoms with van der Waals surface area (Å²) in [6.45, 7) is 5.49. The monoisotopic (exact) mass is 380 g/mol. The average molecular weight is 380 g/mol. The van der Waals surface area contributed by atoms with E-state index in [1.807, 2.05) is 26.2 Å². The van der Waals surface area contributed by atoms with Crippen molar-refractivity contribution in [3.05, 3.63) is 39.2 Å². The van der Waals surface area contributed by atoms with E-state index in [1.54, 1.807) is 24.4 Å². The highest BCUT2D eigenvalue weighted by Gasteiger charge is 2.21. The molecule has 134 valence electrons. The Balaban J connectivity index is 2.30. The molecular formula is C17H20N2O4S2. The smallest absolute Gasteiger partial charge is 0.327 e. The van der Waals surface area contributed by atoms with Crippen LogP contribution in [0.5, 0.6) is 0 Å². The summed E-state index contributed by atoms with van der Waals surface area (Å²) in [6.07, 6.45) is 1.55. The number of hydroxylamine groups is 1. The number of hydrogen-bond donors (Lipinski definition) is 3. The molecule has 0 fully saturated rings. The fourth-order valence-electron chi connectivity index (χ4n) is 2.04. The van der Waals surface area contributed by atoms with Crippen LogP contribution >= 0.6 is 24.0 Å². The Hall–Kier alpha value is -2.06. The maximum Gasteiger partial charge on any atom is 0.327 e. The van der Waals surface area contributed by atoms with Gasteiger partial charge in [-0.2, -0.15) is 12.6 Å². The third-order valence-electron chi connectivity index (χ3n) is 3.57. The van der Waals surface area contributed by atoms with Crippen molar-refractivity contribution >= 4 is 52.8 Å². The Morgan fingerprint density at radius 1 is 1.44 bits per heavy atom. The number of carbonyl (C=O) groups excluding carboxylic acids is 1. The van der Waals surface area contributed by atoms with Gasteiger partial charge >= 0.3 is 5.97 Å². The second-order valence-corrected chi connectivity index (χ2v) is 7.85. The van der Waals surface area contributed by atoms with Crippen molar-refractivity contribution in [3.63, 3.8) is 0 Å². The summed E-state index contributed by atoms with van der Waals surface area (Å²) in [5.74, 6) is -1.60. The molecule has 2 rings (SSSR count). The van der Waals surface area contributed by atoms with Crippen molar-refractivity contribution in [1.29, 1.82) is 0 Å². The van der Waals surface area contributed by atoms with E-state index in [0.717, 1.165) is 20.4 Å². The van der Waals surface area contributed by atoms with Gasteiger partial charge in [0.05, 0.1) is 4.88 Å². The van der Waals surface area contributed by atoms with Gasteiger partial charge in [0.2, 0.25) is 0 Å². The first-order valence-electron chi connectivity index (χ1n) is 7.60. The van der Waals surface area contributed by atoms with Crippen LogP contribution in [0.1, 0.15) is 36.0 Å². The van der Waals surface area contributed by atoms with Crippen molar-refractivity contribution in [1.82, 2.24) is 5.32 Å². The quantitative estimate of drug-likeness (QED) is 0.244. The molecule has 1 amide bonds. The molecule has 0 saturated carbocycles. The predicted octanol–water partition coefficient (Wildman–Crippen LogP) is 2.74. The number of thiol groups is 1. The Bertz CT molecular complexity index is 837. The zero-order valence-corrected chi connectivity index (χ0v) is 15.9. The van der Waals surface area contributed by atoms with E-state index in [2.05, 4.69) is 17.9 Å². The van der Waals surface area contributed by atoms with E-state index < -0.39 is 23.5 Å². The Morgan fingerprint density at radius 2 is 2.12 bits per heavy atom. The number of fused-ring (bicyclic) bond motifs is 1. The molecular weight excluding hydrogens is 360 g/mol. The van der Waals surface area contributed by atoms with Crippen LogP contribution < -0.4 is 5.32 Å². The molecule has 0 aliphatic carbocycles. The maximum atomic E-state index is 12.2. The van der Waals surface area contributed by atoms with Crippen molar-refractivity contribution in [2.75, 3.05) is 5.75 Å². The van der Waals surface area contributed by atoms with Gasteiger partial charge in [-0.05, 0) is 22.9 Å². The summed E-state index contributed by atoms with van der Waals surface area (Å²) >= 11 is 5.34. The zero-order chi connectivity index (χ0) is 18.8. The first-order valence-corrected chi connectivity index (χ1v) is 9.12. The summed E-state index contributed by atoms with van der Waals surface area (Å²) in [6, 6.07) is 4.02. The first-order chi connectivity index (χ1) is 11.6. The number of benzene rings is 1. The first kappa shape index (κ1) is 19.3. The number of hydrogen-bond acceptors (Lipinski definition) is 5. The van der Waals surface area contributed by atoms with Crippen molar-refractivity contribution in [3.8, 4) is 0 Å². The largest absolute Gasteiger partial charge is 0.623 e. The lowest BCUT2D eigenvalue weighted by Gasteiger charge is -2.18. The van der Waals surface area contributed by atoms with Gasteiger partial charge < -0.3 is 15.6 Å². The number of rotatable bonds is 5. The van der Waals surface area contributed by atoms with Gasteiger partial charge in [0.1, 0.15) is 6.04 Å². The van der Waals surface area contributed by atoms with E-state index in [-0.39, 0.29) is 5.75 Å². The number of amides is 1. The van der Waals surface area contributed by atoms with Crippen LogP contribution in [-0.4, -0.2) is 45.3 Å². The Kier molecular flexibility index (Phi) is 5.74. The van der Waals surface area contributed by atoms with Crippen LogP contribution in [0.4, 0.5) is 0 Å². The molecule has 6 nitrogen and oxygen atoms in total. The molecule has 25 heavy (non-hydrogen) atoms. The molecule has 1 heterocycles. The molecule has 1 atom stereocenters. The molecule has 2 aromatic rings. The minimum absolute atomic E-state index is 0.00696. The highest BCUT2D eigenvalue weighted by molar-refractivity contribution is 7.80. The van der Waals surface area contributed by atoms with Gasteiger partial charge in [-0.25, -0.2) is 9.53 Å². The van der Waals surface area contributed by atoms with E-state index >= 15 is 0 Å².